The molecule has 0 bridgehead atoms. The second kappa shape index (κ2) is 9.36. The van der Waals surface area contributed by atoms with Crippen LogP contribution in [0.25, 0.3) is 5.57 Å². The van der Waals surface area contributed by atoms with E-state index in [1.807, 2.05) is 78.9 Å². The fourth-order valence-electron chi connectivity index (χ4n) is 3.66. The predicted molar refractivity (Wildman–Crippen MR) is 130 cm³/mol. The molecule has 2 unspecified atom stereocenters. The van der Waals surface area contributed by atoms with Gasteiger partial charge in [0.25, 0.3) is 0 Å². The molecule has 0 spiro atoms. The lowest BCUT2D eigenvalue weighted by molar-refractivity contribution is -0.141. The summed E-state index contributed by atoms with van der Waals surface area (Å²) in [5.74, 6) is 1.03. The maximum absolute atomic E-state index is 12.5. The number of allylic oxidation sites excluding steroid dienone is 2. The van der Waals surface area contributed by atoms with Crippen molar-refractivity contribution in [2.75, 3.05) is 17.7 Å². The zero-order valence-corrected chi connectivity index (χ0v) is 18.9. The van der Waals surface area contributed by atoms with E-state index in [4.69, 9.17) is 21.1 Å². The molecule has 2 heterocycles. The molecule has 2 N–H and O–H groups in total. The van der Waals surface area contributed by atoms with Gasteiger partial charge in [-0.15, -0.1) is 0 Å². The number of nitrogens with zero attached hydrogens (tertiary/aromatic N) is 3. The number of rotatable bonds is 6. The lowest BCUT2D eigenvalue weighted by Gasteiger charge is -2.27. The van der Waals surface area contributed by atoms with Gasteiger partial charge < -0.3 is 20.1 Å². The van der Waals surface area contributed by atoms with Crippen molar-refractivity contribution in [2.24, 2.45) is 5.92 Å². The van der Waals surface area contributed by atoms with Crippen LogP contribution in [0, 0.1) is 5.92 Å². The maximum atomic E-state index is 12.5. The van der Waals surface area contributed by atoms with Gasteiger partial charge in [0.05, 0.1) is 12.7 Å². The Morgan fingerprint density at radius 3 is 2.15 bits per heavy atom. The van der Waals surface area contributed by atoms with Gasteiger partial charge in [0.1, 0.15) is 11.9 Å². The molecule has 34 heavy (non-hydrogen) atoms. The Balaban J connectivity index is 1.31. The van der Waals surface area contributed by atoms with Crippen molar-refractivity contribution < 1.29 is 14.3 Å². The molecule has 0 saturated heterocycles. The molecule has 1 aromatic heterocycles. The van der Waals surface area contributed by atoms with Crippen LogP contribution < -0.4 is 15.4 Å². The van der Waals surface area contributed by atoms with E-state index in [0.717, 1.165) is 22.7 Å². The molecule has 3 aromatic rings. The Kier molecular flexibility index (Phi) is 5.97. The van der Waals surface area contributed by atoms with Crippen LogP contribution in [-0.4, -0.2) is 34.1 Å². The van der Waals surface area contributed by atoms with E-state index in [-0.39, 0.29) is 29.2 Å². The fourth-order valence-corrected chi connectivity index (χ4v) is 3.82. The fraction of sp³-hybridized carbons (Fsp3) is 0.120. The van der Waals surface area contributed by atoms with Gasteiger partial charge in [0.15, 0.2) is 0 Å². The molecule has 0 radical (unpaired) electrons. The molecular weight excluding hydrogens is 454 g/mol. The summed E-state index contributed by atoms with van der Waals surface area (Å²) in [6, 6.07) is 14.7. The number of hydrogen-bond acceptors (Lipinski definition) is 8. The first-order chi connectivity index (χ1) is 16.6. The quantitative estimate of drug-likeness (QED) is 0.479. The van der Waals surface area contributed by atoms with Crippen LogP contribution in [0.5, 0.6) is 5.75 Å². The molecule has 170 valence electrons. The molecule has 2 aliphatic rings. The van der Waals surface area contributed by atoms with Crippen molar-refractivity contribution >= 4 is 46.4 Å². The standard InChI is InChI=1S/C25H20ClN5O3/c1-33-19-12-10-18(11-13-19)28-25-30-23(26)29-24(31-25)27-17-8-6-15(7-9-17)20-14-16-4-2-3-5-21(16)34-22(20)32/h2-14,16,21H,1H3,(H2,27,28,29,30,31). The molecule has 1 aliphatic carbocycles. The highest BCUT2D eigenvalue weighted by molar-refractivity contribution is 6.28. The van der Waals surface area contributed by atoms with Gasteiger partial charge in [0, 0.05) is 17.3 Å². The largest absolute Gasteiger partial charge is 0.497 e. The monoisotopic (exact) mass is 473 g/mol. The predicted octanol–water partition coefficient (Wildman–Crippen LogP) is 5.07. The molecule has 0 amide bonds. The lowest BCUT2D eigenvalue weighted by atomic mass is 9.90. The lowest BCUT2D eigenvalue weighted by Crippen LogP contribution is -2.29. The van der Waals surface area contributed by atoms with Crippen LogP contribution in [0.3, 0.4) is 0 Å². The number of nitrogens with one attached hydrogen (secondary N) is 2. The molecule has 5 rings (SSSR count). The number of benzene rings is 2. The van der Waals surface area contributed by atoms with Crippen LogP contribution in [0.15, 0.2) is 78.9 Å². The van der Waals surface area contributed by atoms with E-state index in [2.05, 4.69) is 25.6 Å². The number of hydrogen-bond donors (Lipinski definition) is 2. The van der Waals surface area contributed by atoms with E-state index >= 15 is 0 Å². The third kappa shape index (κ3) is 4.77. The van der Waals surface area contributed by atoms with E-state index in [0.29, 0.717) is 11.5 Å². The number of fused-ring (bicyclic) bond motifs is 1. The topological polar surface area (TPSA) is 98.3 Å². The van der Waals surface area contributed by atoms with Crippen molar-refractivity contribution in [3.63, 3.8) is 0 Å². The summed E-state index contributed by atoms with van der Waals surface area (Å²) in [5, 5.41) is 6.25. The summed E-state index contributed by atoms with van der Waals surface area (Å²) in [5.41, 5.74) is 2.82. The minimum absolute atomic E-state index is 0.0412. The van der Waals surface area contributed by atoms with E-state index in [1.54, 1.807) is 7.11 Å². The number of carbonyl (C=O) groups excluding carboxylic acids is 1. The van der Waals surface area contributed by atoms with Gasteiger partial charge >= 0.3 is 5.97 Å². The second-order valence-corrected chi connectivity index (χ2v) is 7.94. The molecule has 9 heteroatoms. The highest BCUT2D eigenvalue weighted by Crippen LogP contribution is 2.31. The van der Waals surface area contributed by atoms with Gasteiger partial charge in [-0.05, 0) is 59.6 Å². The summed E-state index contributed by atoms with van der Waals surface area (Å²) in [4.78, 5) is 25.1. The Morgan fingerprint density at radius 2 is 1.50 bits per heavy atom. The van der Waals surface area contributed by atoms with Crippen LogP contribution in [0.1, 0.15) is 5.56 Å². The number of methoxy groups -OCH3 is 1. The normalized spacial score (nSPS) is 18.5. The first-order valence-corrected chi connectivity index (χ1v) is 10.9. The molecular formula is C25H20ClN5O3. The number of ether oxygens (including phenoxy) is 2. The Bertz CT molecular complexity index is 1300. The first kappa shape index (κ1) is 21.7. The summed E-state index contributed by atoms with van der Waals surface area (Å²) >= 11 is 6.10. The highest BCUT2D eigenvalue weighted by Gasteiger charge is 2.29. The smallest absolute Gasteiger partial charge is 0.339 e. The minimum atomic E-state index is -0.333. The van der Waals surface area contributed by atoms with Crippen LogP contribution >= 0.6 is 11.6 Å². The molecule has 8 nitrogen and oxygen atoms in total. The van der Waals surface area contributed by atoms with Gasteiger partial charge in [0.2, 0.25) is 17.2 Å². The number of esters is 1. The third-order valence-corrected chi connectivity index (χ3v) is 5.52. The third-order valence-electron chi connectivity index (χ3n) is 5.35. The van der Waals surface area contributed by atoms with Gasteiger partial charge in [-0.2, -0.15) is 15.0 Å². The second-order valence-electron chi connectivity index (χ2n) is 7.60. The zero-order valence-electron chi connectivity index (χ0n) is 18.1. The summed E-state index contributed by atoms with van der Waals surface area (Å²) in [7, 11) is 1.61. The number of carbonyl (C=O) groups is 1. The van der Waals surface area contributed by atoms with Crippen molar-refractivity contribution in [2.45, 2.75) is 6.10 Å². The van der Waals surface area contributed by atoms with Crippen molar-refractivity contribution in [3.05, 3.63) is 89.8 Å². The van der Waals surface area contributed by atoms with Crippen molar-refractivity contribution in [1.82, 2.24) is 15.0 Å². The average molecular weight is 474 g/mol. The SMILES string of the molecule is COc1ccc(Nc2nc(Cl)nc(Nc3ccc(C4=CC5C=CC=CC5OC4=O)cc3)n2)cc1. The molecule has 1 aliphatic heterocycles. The highest BCUT2D eigenvalue weighted by atomic mass is 35.5. The van der Waals surface area contributed by atoms with Crippen LogP contribution in [-0.2, 0) is 9.53 Å². The summed E-state index contributed by atoms with van der Waals surface area (Å²) in [6.45, 7) is 0. The van der Waals surface area contributed by atoms with Gasteiger partial charge in [-0.1, -0.05) is 36.4 Å². The maximum Gasteiger partial charge on any atom is 0.339 e. The summed E-state index contributed by atoms with van der Waals surface area (Å²) < 4.78 is 10.7. The zero-order chi connectivity index (χ0) is 23.5. The Hall–Kier alpha value is -4.17. The molecule has 2 atom stereocenters. The van der Waals surface area contributed by atoms with E-state index in [1.165, 1.54) is 0 Å². The number of anilines is 4. The number of aromatic nitrogens is 3. The Morgan fingerprint density at radius 1 is 0.882 bits per heavy atom. The molecule has 2 aromatic carbocycles. The Labute approximate surface area is 201 Å². The van der Waals surface area contributed by atoms with Crippen molar-refractivity contribution in [3.8, 4) is 5.75 Å². The van der Waals surface area contributed by atoms with E-state index < -0.39 is 0 Å². The average Bonchev–Trinajstić information content (AvgIpc) is 2.84. The van der Waals surface area contributed by atoms with Crippen LogP contribution in [0.2, 0.25) is 5.28 Å². The summed E-state index contributed by atoms with van der Waals surface area (Å²) in [6.07, 6.45) is 9.46. The number of halogens is 1. The van der Waals surface area contributed by atoms with Crippen molar-refractivity contribution in [1.29, 1.82) is 0 Å². The minimum Gasteiger partial charge on any atom is -0.497 e. The van der Waals surface area contributed by atoms with E-state index in [9.17, 15) is 4.79 Å². The van der Waals surface area contributed by atoms with Crippen LogP contribution in [0.4, 0.5) is 23.3 Å². The van der Waals surface area contributed by atoms with Gasteiger partial charge in [-0.3, -0.25) is 0 Å². The molecule has 0 fully saturated rings. The van der Waals surface area contributed by atoms with Gasteiger partial charge in [-0.25, -0.2) is 4.79 Å². The molecule has 0 saturated carbocycles. The first-order valence-electron chi connectivity index (χ1n) is 10.6.